The van der Waals surface area contributed by atoms with E-state index < -0.39 is 0 Å². The first-order chi connectivity index (χ1) is 8.81. The largest absolute Gasteiger partial charge is 0.240 e. The second kappa shape index (κ2) is 15.0. The molecule has 0 spiro atoms. The van der Waals surface area contributed by atoms with E-state index >= 15 is 0 Å². The highest BCUT2D eigenvalue weighted by molar-refractivity contribution is 4.51. The highest BCUT2D eigenvalue weighted by Crippen LogP contribution is 2.13. The fourth-order valence-corrected chi connectivity index (χ4v) is 2.31. The number of hydrogen-bond acceptors (Lipinski definition) is 2. The number of unbranched alkanes of at least 4 members (excludes halogenated alkanes) is 10. The van der Waals surface area contributed by atoms with Gasteiger partial charge in [0.15, 0.2) is 0 Å². The SMILES string of the molecule is CCCCCCCCCCCCCC(C)OOC. The maximum atomic E-state index is 5.03. The molecule has 1 unspecified atom stereocenters. The zero-order chi connectivity index (χ0) is 13.5. The molecule has 0 saturated heterocycles. The van der Waals surface area contributed by atoms with Crippen molar-refractivity contribution in [1.29, 1.82) is 0 Å². The van der Waals surface area contributed by atoms with Crippen molar-refractivity contribution in [2.45, 2.75) is 97.0 Å². The van der Waals surface area contributed by atoms with Gasteiger partial charge in [-0.05, 0) is 13.3 Å². The highest BCUT2D eigenvalue weighted by atomic mass is 17.2. The summed E-state index contributed by atoms with van der Waals surface area (Å²) in [5.74, 6) is 0. The average Bonchev–Trinajstić information content (AvgIpc) is 2.36. The third-order valence-corrected chi connectivity index (χ3v) is 3.47. The van der Waals surface area contributed by atoms with Crippen LogP contribution in [0.15, 0.2) is 0 Å². The molecule has 0 heterocycles. The zero-order valence-corrected chi connectivity index (χ0v) is 12.9. The molecule has 0 N–H and O–H groups in total. The first-order valence-corrected chi connectivity index (χ1v) is 8.00. The van der Waals surface area contributed by atoms with E-state index in [1.165, 1.54) is 70.6 Å². The average molecular weight is 258 g/mol. The van der Waals surface area contributed by atoms with Gasteiger partial charge in [0.2, 0.25) is 0 Å². The van der Waals surface area contributed by atoms with Gasteiger partial charge in [-0.25, -0.2) is 9.78 Å². The number of rotatable bonds is 14. The van der Waals surface area contributed by atoms with E-state index in [9.17, 15) is 0 Å². The lowest BCUT2D eigenvalue weighted by atomic mass is 10.0. The fraction of sp³-hybridized carbons (Fsp3) is 1.00. The van der Waals surface area contributed by atoms with Crippen LogP contribution in [-0.2, 0) is 9.78 Å². The van der Waals surface area contributed by atoms with Crippen molar-refractivity contribution in [3.63, 3.8) is 0 Å². The first-order valence-electron chi connectivity index (χ1n) is 8.00. The third-order valence-electron chi connectivity index (χ3n) is 3.47. The van der Waals surface area contributed by atoms with Crippen LogP contribution in [0.4, 0.5) is 0 Å². The van der Waals surface area contributed by atoms with Crippen LogP contribution in [0.5, 0.6) is 0 Å². The summed E-state index contributed by atoms with van der Waals surface area (Å²) in [5.41, 5.74) is 0. The van der Waals surface area contributed by atoms with Crippen LogP contribution >= 0.6 is 0 Å². The first kappa shape index (κ1) is 17.9. The summed E-state index contributed by atoms with van der Waals surface area (Å²) in [5, 5.41) is 0. The van der Waals surface area contributed by atoms with Gasteiger partial charge in [-0.3, -0.25) is 0 Å². The lowest BCUT2D eigenvalue weighted by molar-refractivity contribution is -0.301. The van der Waals surface area contributed by atoms with Crippen LogP contribution in [-0.4, -0.2) is 13.2 Å². The summed E-state index contributed by atoms with van der Waals surface area (Å²) in [6, 6.07) is 0. The van der Waals surface area contributed by atoms with Gasteiger partial charge in [-0.2, -0.15) is 0 Å². The molecule has 18 heavy (non-hydrogen) atoms. The highest BCUT2D eigenvalue weighted by Gasteiger charge is 2.01. The minimum Gasteiger partial charge on any atom is -0.240 e. The molecule has 0 amide bonds. The molecule has 0 aromatic rings. The molecule has 2 heteroatoms. The Balaban J connectivity index is 2.98. The Morgan fingerprint density at radius 2 is 1.17 bits per heavy atom. The van der Waals surface area contributed by atoms with Crippen molar-refractivity contribution in [1.82, 2.24) is 0 Å². The molecule has 0 bridgehead atoms. The Hall–Kier alpha value is -0.0800. The second-order valence-electron chi connectivity index (χ2n) is 5.40. The molecule has 0 aromatic heterocycles. The smallest absolute Gasteiger partial charge is 0.0901 e. The summed E-state index contributed by atoms with van der Waals surface area (Å²) in [4.78, 5) is 9.69. The zero-order valence-electron chi connectivity index (χ0n) is 12.9. The van der Waals surface area contributed by atoms with Crippen molar-refractivity contribution in [2.24, 2.45) is 0 Å². The Labute approximate surface area is 114 Å². The van der Waals surface area contributed by atoms with Gasteiger partial charge in [0.05, 0.1) is 13.2 Å². The molecular weight excluding hydrogens is 224 g/mol. The van der Waals surface area contributed by atoms with E-state index in [1.807, 2.05) is 0 Å². The van der Waals surface area contributed by atoms with Gasteiger partial charge in [0.25, 0.3) is 0 Å². The molecule has 0 aromatic carbocycles. The Morgan fingerprint density at radius 3 is 1.61 bits per heavy atom. The van der Waals surface area contributed by atoms with Crippen molar-refractivity contribution >= 4 is 0 Å². The molecule has 0 fully saturated rings. The molecule has 0 aliphatic heterocycles. The van der Waals surface area contributed by atoms with Gasteiger partial charge < -0.3 is 0 Å². The predicted molar refractivity (Wildman–Crippen MR) is 78.6 cm³/mol. The maximum Gasteiger partial charge on any atom is 0.0901 e. The second-order valence-corrected chi connectivity index (χ2v) is 5.40. The lowest BCUT2D eigenvalue weighted by Crippen LogP contribution is -2.06. The summed E-state index contributed by atoms with van der Waals surface area (Å²) < 4.78 is 0. The molecular formula is C16H34O2. The van der Waals surface area contributed by atoms with Crippen LogP contribution in [0, 0.1) is 0 Å². The summed E-state index contributed by atoms with van der Waals surface area (Å²) in [7, 11) is 1.58. The normalized spacial score (nSPS) is 12.8. The van der Waals surface area contributed by atoms with Crippen molar-refractivity contribution in [3.05, 3.63) is 0 Å². The maximum absolute atomic E-state index is 5.03. The monoisotopic (exact) mass is 258 g/mol. The fourth-order valence-electron chi connectivity index (χ4n) is 2.31. The number of hydrogen-bond donors (Lipinski definition) is 0. The molecule has 0 aliphatic carbocycles. The van der Waals surface area contributed by atoms with Gasteiger partial charge in [0, 0.05) is 0 Å². The van der Waals surface area contributed by atoms with Crippen LogP contribution in [0.1, 0.15) is 90.9 Å². The third kappa shape index (κ3) is 14.0. The molecule has 0 radical (unpaired) electrons. The molecule has 110 valence electrons. The Kier molecular flexibility index (Phi) is 14.9. The summed E-state index contributed by atoms with van der Waals surface area (Å²) in [6.45, 7) is 4.35. The van der Waals surface area contributed by atoms with Crippen LogP contribution in [0.3, 0.4) is 0 Å². The quantitative estimate of drug-likeness (QED) is 0.227. The van der Waals surface area contributed by atoms with Crippen molar-refractivity contribution in [2.75, 3.05) is 7.11 Å². The molecule has 0 aliphatic rings. The van der Waals surface area contributed by atoms with Crippen molar-refractivity contribution < 1.29 is 9.78 Å². The van der Waals surface area contributed by atoms with E-state index in [4.69, 9.17) is 4.89 Å². The van der Waals surface area contributed by atoms with Crippen LogP contribution < -0.4 is 0 Å². The lowest BCUT2D eigenvalue weighted by Gasteiger charge is -2.09. The van der Waals surface area contributed by atoms with Crippen LogP contribution in [0.25, 0.3) is 0 Å². The molecule has 1 atom stereocenters. The van der Waals surface area contributed by atoms with E-state index in [-0.39, 0.29) is 6.10 Å². The minimum absolute atomic E-state index is 0.244. The van der Waals surface area contributed by atoms with E-state index in [0.717, 1.165) is 6.42 Å². The Bertz CT molecular complexity index is 148. The van der Waals surface area contributed by atoms with E-state index in [1.54, 1.807) is 7.11 Å². The van der Waals surface area contributed by atoms with E-state index in [2.05, 4.69) is 18.7 Å². The minimum atomic E-state index is 0.244. The summed E-state index contributed by atoms with van der Waals surface area (Å²) >= 11 is 0. The van der Waals surface area contributed by atoms with Crippen LogP contribution in [0.2, 0.25) is 0 Å². The Morgan fingerprint density at radius 1 is 0.722 bits per heavy atom. The van der Waals surface area contributed by atoms with E-state index in [0.29, 0.717) is 0 Å². The molecule has 0 rings (SSSR count). The van der Waals surface area contributed by atoms with Gasteiger partial charge >= 0.3 is 0 Å². The molecule has 0 saturated carbocycles. The standard InChI is InChI=1S/C16H34O2/c1-4-5-6-7-8-9-10-11-12-13-14-15-16(2)18-17-3/h16H,4-15H2,1-3H3. The predicted octanol–water partition coefficient (Wildman–Crippen LogP) is 5.65. The van der Waals surface area contributed by atoms with Gasteiger partial charge in [-0.15, -0.1) is 0 Å². The van der Waals surface area contributed by atoms with Gasteiger partial charge in [0.1, 0.15) is 0 Å². The topological polar surface area (TPSA) is 18.5 Å². The molecule has 2 nitrogen and oxygen atoms in total. The summed E-state index contributed by atoms with van der Waals surface area (Å²) in [6.07, 6.45) is 16.7. The van der Waals surface area contributed by atoms with Gasteiger partial charge in [-0.1, -0.05) is 77.6 Å². The van der Waals surface area contributed by atoms with Crippen molar-refractivity contribution in [3.8, 4) is 0 Å².